The highest BCUT2D eigenvalue weighted by Crippen LogP contribution is 2.37. The van der Waals surface area contributed by atoms with Gasteiger partial charge in [0.15, 0.2) is 5.75 Å². The van der Waals surface area contributed by atoms with Gasteiger partial charge in [0.25, 0.3) is 5.91 Å². The molecule has 0 spiro atoms. The first-order chi connectivity index (χ1) is 18.1. The molecule has 1 amide bonds. The van der Waals surface area contributed by atoms with Gasteiger partial charge in [-0.1, -0.05) is 25.4 Å². The van der Waals surface area contributed by atoms with Gasteiger partial charge in [-0.2, -0.15) is 13.9 Å². The third-order valence-electron chi connectivity index (χ3n) is 7.49. The molecule has 0 radical (unpaired) electrons. The number of halogens is 3. The van der Waals surface area contributed by atoms with Crippen LogP contribution in [0.4, 0.5) is 14.5 Å². The summed E-state index contributed by atoms with van der Waals surface area (Å²) in [5.41, 5.74) is -0.177. The monoisotopic (exact) mass is 554 g/mol. The number of rotatable bonds is 10. The number of likely N-dealkylation sites (tertiary alicyclic amines) is 1. The Kier molecular flexibility index (Phi) is 8.89. The SMILES string of the molecule is CC(C)c1ccnn1C1(C(=O)Nc2ccc(Cl)cc2OC(F)F)CCN(C[C@@H](C(=O)O)[C@H]2CCOC2)CC1. The van der Waals surface area contributed by atoms with Gasteiger partial charge in [0.2, 0.25) is 0 Å². The fourth-order valence-corrected chi connectivity index (χ4v) is 5.52. The zero-order valence-corrected chi connectivity index (χ0v) is 22.2. The molecule has 1 aromatic heterocycles. The number of aromatic nitrogens is 2. The van der Waals surface area contributed by atoms with Gasteiger partial charge in [0.05, 0.1) is 18.2 Å². The minimum Gasteiger partial charge on any atom is -0.481 e. The summed E-state index contributed by atoms with van der Waals surface area (Å²) < 4.78 is 37.8. The lowest BCUT2D eigenvalue weighted by molar-refractivity contribution is -0.145. The van der Waals surface area contributed by atoms with Crippen molar-refractivity contribution >= 4 is 29.2 Å². The zero-order valence-electron chi connectivity index (χ0n) is 21.4. The van der Waals surface area contributed by atoms with E-state index in [4.69, 9.17) is 16.3 Å². The molecule has 12 heteroatoms. The molecular weight excluding hydrogens is 522 g/mol. The molecule has 2 aliphatic heterocycles. The molecule has 4 rings (SSSR count). The number of carboxylic acid groups (broad SMARTS) is 1. The minimum absolute atomic E-state index is 0.0423. The van der Waals surface area contributed by atoms with Crippen molar-refractivity contribution in [2.75, 3.05) is 38.2 Å². The molecule has 0 aliphatic carbocycles. The quantitative estimate of drug-likeness (QED) is 0.447. The first-order valence-corrected chi connectivity index (χ1v) is 13.1. The van der Waals surface area contributed by atoms with Gasteiger partial charge in [-0.25, -0.2) is 0 Å². The average molecular weight is 555 g/mol. The van der Waals surface area contributed by atoms with Gasteiger partial charge < -0.3 is 24.8 Å². The van der Waals surface area contributed by atoms with Gasteiger partial charge in [-0.15, -0.1) is 0 Å². The van der Waals surface area contributed by atoms with Gasteiger partial charge in [0, 0.05) is 49.2 Å². The summed E-state index contributed by atoms with van der Waals surface area (Å²) in [7, 11) is 0. The molecule has 38 heavy (non-hydrogen) atoms. The van der Waals surface area contributed by atoms with Crippen LogP contribution in [0.25, 0.3) is 0 Å². The van der Waals surface area contributed by atoms with Crippen molar-refractivity contribution in [3.63, 3.8) is 0 Å². The number of hydrogen-bond donors (Lipinski definition) is 2. The largest absolute Gasteiger partial charge is 0.481 e. The number of carbonyl (C=O) groups excluding carboxylic acids is 1. The van der Waals surface area contributed by atoms with Crippen LogP contribution in [0.1, 0.15) is 44.7 Å². The molecule has 2 aliphatic rings. The van der Waals surface area contributed by atoms with Crippen molar-refractivity contribution in [2.45, 2.75) is 51.2 Å². The highest BCUT2D eigenvalue weighted by molar-refractivity contribution is 6.30. The number of nitrogens with zero attached hydrogens (tertiary/aromatic N) is 3. The number of anilines is 1. The van der Waals surface area contributed by atoms with E-state index in [1.807, 2.05) is 19.9 Å². The summed E-state index contributed by atoms with van der Waals surface area (Å²) in [6, 6.07) is 6.00. The maximum atomic E-state index is 14.0. The highest BCUT2D eigenvalue weighted by Gasteiger charge is 2.46. The van der Waals surface area contributed by atoms with Gasteiger partial charge >= 0.3 is 12.6 Å². The van der Waals surface area contributed by atoms with Crippen LogP contribution >= 0.6 is 11.6 Å². The third kappa shape index (κ3) is 6.10. The van der Waals surface area contributed by atoms with E-state index >= 15 is 0 Å². The molecule has 2 saturated heterocycles. The molecule has 3 heterocycles. The Morgan fingerprint density at radius 2 is 2.03 bits per heavy atom. The van der Waals surface area contributed by atoms with Crippen LogP contribution in [-0.4, -0.2) is 71.1 Å². The number of carboxylic acids is 1. The Bertz CT molecular complexity index is 1130. The van der Waals surface area contributed by atoms with E-state index < -0.39 is 29.9 Å². The first kappa shape index (κ1) is 28.3. The van der Waals surface area contributed by atoms with Crippen LogP contribution in [0, 0.1) is 11.8 Å². The fraction of sp³-hybridized carbons (Fsp3) is 0.577. The molecule has 2 fully saturated rings. The smallest absolute Gasteiger partial charge is 0.387 e. The van der Waals surface area contributed by atoms with Crippen molar-refractivity contribution < 1.29 is 33.0 Å². The first-order valence-electron chi connectivity index (χ1n) is 12.7. The predicted molar refractivity (Wildman–Crippen MR) is 137 cm³/mol. The molecule has 0 unspecified atom stereocenters. The van der Waals surface area contributed by atoms with Crippen LogP contribution in [0.3, 0.4) is 0 Å². The molecule has 0 saturated carbocycles. The molecule has 0 bridgehead atoms. The maximum Gasteiger partial charge on any atom is 0.387 e. The zero-order chi connectivity index (χ0) is 27.4. The summed E-state index contributed by atoms with van der Waals surface area (Å²) in [6.07, 6.45) is 3.07. The van der Waals surface area contributed by atoms with Crippen LogP contribution in [0.2, 0.25) is 5.02 Å². The Balaban J connectivity index is 1.59. The Morgan fingerprint density at radius 3 is 2.63 bits per heavy atom. The van der Waals surface area contributed by atoms with E-state index in [-0.39, 0.29) is 28.3 Å². The van der Waals surface area contributed by atoms with E-state index in [0.717, 1.165) is 5.69 Å². The Labute approximate surface area is 225 Å². The van der Waals surface area contributed by atoms with Crippen LogP contribution < -0.4 is 10.1 Å². The number of ether oxygens (including phenoxy) is 2. The summed E-state index contributed by atoms with van der Waals surface area (Å²) >= 11 is 5.97. The average Bonchev–Trinajstić information content (AvgIpc) is 3.57. The normalized spacial score (nSPS) is 20.6. The lowest BCUT2D eigenvalue weighted by Gasteiger charge is -2.42. The second-order valence-electron chi connectivity index (χ2n) is 10.2. The van der Waals surface area contributed by atoms with E-state index in [1.165, 1.54) is 18.2 Å². The molecule has 208 valence electrons. The van der Waals surface area contributed by atoms with E-state index in [1.54, 1.807) is 10.9 Å². The maximum absolute atomic E-state index is 14.0. The topological polar surface area (TPSA) is 106 Å². The van der Waals surface area contributed by atoms with Gasteiger partial charge in [-0.3, -0.25) is 14.3 Å². The molecular formula is C26H33ClF2N4O5. The Hall–Kier alpha value is -2.76. The lowest BCUT2D eigenvalue weighted by Crippen LogP contribution is -2.55. The lowest BCUT2D eigenvalue weighted by atomic mass is 9.84. The van der Waals surface area contributed by atoms with Gasteiger partial charge in [-0.05, 0) is 49.3 Å². The van der Waals surface area contributed by atoms with E-state index in [2.05, 4.69) is 20.1 Å². The van der Waals surface area contributed by atoms with Crippen molar-refractivity contribution in [2.24, 2.45) is 11.8 Å². The number of amides is 1. The third-order valence-corrected chi connectivity index (χ3v) is 7.72. The number of benzene rings is 1. The van der Waals surface area contributed by atoms with Crippen molar-refractivity contribution in [1.29, 1.82) is 0 Å². The van der Waals surface area contributed by atoms with E-state index in [0.29, 0.717) is 52.1 Å². The highest BCUT2D eigenvalue weighted by atomic mass is 35.5. The Morgan fingerprint density at radius 1 is 1.29 bits per heavy atom. The number of aliphatic carboxylic acids is 1. The standard InChI is InChI=1S/C26H33ClF2N4O5/c1-16(2)21-5-9-30-33(21)26(24(36)31-20-4-3-18(27)13-22(20)38-25(28)29)7-10-32(11-8-26)14-19(23(34)35)17-6-12-37-15-17/h3-5,9,13,16-17,19,25H,6-8,10-12,14-15H2,1-2H3,(H,31,36)(H,34,35)/t17-,19+/m0/s1. The number of nitrogens with one attached hydrogen (secondary N) is 1. The number of carbonyl (C=O) groups is 2. The van der Waals surface area contributed by atoms with Crippen LogP contribution in [0.5, 0.6) is 5.75 Å². The number of hydrogen-bond acceptors (Lipinski definition) is 6. The second kappa shape index (κ2) is 12.0. The summed E-state index contributed by atoms with van der Waals surface area (Å²) in [4.78, 5) is 28.0. The molecule has 2 aromatic rings. The van der Waals surface area contributed by atoms with E-state index in [9.17, 15) is 23.5 Å². The predicted octanol–water partition coefficient (Wildman–Crippen LogP) is 4.43. The van der Waals surface area contributed by atoms with Crippen LogP contribution in [0.15, 0.2) is 30.5 Å². The summed E-state index contributed by atoms with van der Waals surface area (Å²) in [5.74, 6) is -2.02. The number of alkyl halides is 2. The van der Waals surface area contributed by atoms with Crippen molar-refractivity contribution in [3.05, 3.63) is 41.2 Å². The van der Waals surface area contributed by atoms with Crippen molar-refractivity contribution in [1.82, 2.24) is 14.7 Å². The number of piperidine rings is 1. The summed E-state index contributed by atoms with van der Waals surface area (Å²) in [5, 5.41) is 17.3. The van der Waals surface area contributed by atoms with Crippen LogP contribution in [-0.2, 0) is 19.9 Å². The molecule has 1 aromatic carbocycles. The molecule has 9 nitrogen and oxygen atoms in total. The second-order valence-corrected chi connectivity index (χ2v) is 10.6. The minimum atomic E-state index is -3.09. The molecule has 2 N–H and O–H groups in total. The van der Waals surface area contributed by atoms with Gasteiger partial charge in [0.1, 0.15) is 5.54 Å². The summed E-state index contributed by atoms with van der Waals surface area (Å²) in [6.45, 7) is 3.20. The molecule has 2 atom stereocenters. The fourth-order valence-electron chi connectivity index (χ4n) is 5.36. The van der Waals surface area contributed by atoms with Crippen molar-refractivity contribution in [3.8, 4) is 5.75 Å².